The number of rotatable bonds is 11. The van der Waals surface area contributed by atoms with Gasteiger partial charge in [0, 0.05) is 4.90 Å². The molecule has 0 fully saturated rings. The zero-order valence-electron chi connectivity index (χ0n) is 21.2. The molecule has 0 atom stereocenters. The molecule has 2 heteroatoms. The summed E-state index contributed by atoms with van der Waals surface area (Å²) in [7, 11) is -1.31. The molecular weight excluding hydrogens is 384 g/mol. The number of thiol groups is 1. The van der Waals surface area contributed by atoms with E-state index in [0.29, 0.717) is 0 Å². The molecule has 0 aliphatic rings. The van der Waals surface area contributed by atoms with Crippen LogP contribution in [0.2, 0.25) is 18.1 Å². The third kappa shape index (κ3) is 8.09. The van der Waals surface area contributed by atoms with Crippen LogP contribution < -0.4 is 0 Å². The van der Waals surface area contributed by atoms with Crippen molar-refractivity contribution < 1.29 is 0 Å². The minimum atomic E-state index is -1.31. The zero-order chi connectivity index (χ0) is 22.3. The van der Waals surface area contributed by atoms with E-state index in [2.05, 4.69) is 74.4 Å². The fourth-order valence-electron chi connectivity index (χ4n) is 4.67. The van der Waals surface area contributed by atoms with E-state index in [0.717, 1.165) is 0 Å². The van der Waals surface area contributed by atoms with E-state index < -0.39 is 8.07 Å². The van der Waals surface area contributed by atoms with Crippen molar-refractivity contribution in [2.24, 2.45) is 0 Å². The summed E-state index contributed by atoms with van der Waals surface area (Å²) in [6.45, 7) is 21.1. The zero-order valence-corrected chi connectivity index (χ0v) is 23.1. The Morgan fingerprint density at radius 1 is 0.690 bits per heavy atom. The predicted molar refractivity (Wildman–Crippen MR) is 140 cm³/mol. The summed E-state index contributed by atoms with van der Waals surface area (Å²) < 4.78 is 0. The summed E-state index contributed by atoms with van der Waals surface area (Å²) in [5.41, 5.74) is 4.74. The molecule has 1 rings (SSSR count). The van der Waals surface area contributed by atoms with Gasteiger partial charge in [-0.1, -0.05) is 131 Å². The maximum absolute atomic E-state index is 5.04. The molecule has 168 valence electrons. The number of hydrogen-bond donors (Lipinski definition) is 1. The lowest BCUT2D eigenvalue weighted by molar-refractivity contribution is 0.545. The van der Waals surface area contributed by atoms with Gasteiger partial charge in [0.15, 0.2) is 0 Å². The maximum Gasteiger partial charge on any atom is 0.0579 e. The predicted octanol–water partition coefficient (Wildman–Crippen LogP) is 9.50. The molecule has 0 aromatic heterocycles. The molecule has 1 aromatic carbocycles. The summed E-state index contributed by atoms with van der Waals surface area (Å²) in [5, 5.41) is 0. The van der Waals surface area contributed by atoms with E-state index in [1.807, 2.05) is 0 Å². The summed E-state index contributed by atoms with van der Waals surface area (Å²) in [6, 6.07) is 11.0. The summed E-state index contributed by atoms with van der Waals surface area (Å²) in [6.07, 6.45) is 8.27. The van der Waals surface area contributed by atoms with Gasteiger partial charge in [-0.15, -0.1) is 12.6 Å². The van der Waals surface area contributed by atoms with Crippen molar-refractivity contribution in [3.63, 3.8) is 0 Å². The molecule has 0 amide bonds. The first-order valence-electron chi connectivity index (χ1n) is 12.3. The third-order valence-electron chi connectivity index (χ3n) is 6.55. The smallest absolute Gasteiger partial charge is 0.0579 e. The highest BCUT2D eigenvalue weighted by Crippen LogP contribution is 2.39. The molecule has 0 heterocycles. The Kier molecular flexibility index (Phi) is 10.6. The molecular formula is C27H50SSi. The van der Waals surface area contributed by atoms with Gasteiger partial charge in [0.25, 0.3) is 0 Å². The van der Waals surface area contributed by atoms with Gasteiger partial charge in [-0.3, -0.25) is 0 Å². The third-order valence-corrected chi connectivity index (χ3v) is 12.4. The van der Waals surface area contributed by atoms with E-state index in [4.69, 9.17) is 12.6 Å². The Morgan fingerprint density at radius 3 is 1.31 bits per heavy atom. The van der Waals surface area contributed by atoms with E-state index in [1.54, 1.807) is 5.56 Å². The van der Waals surface area contributed by atoms with Crippen molar-refractivity contribution in [3.8, 4) is 0 Å². The second kappa shape index (κ2) is 11.4. The molecule has 0 N–H and O–H groups in total. The number of benzene rings is 1. The molecule has 0 saturated carbocycles. The fraction of sp³-hybridized carbons (Fsp3) is 0.778. The summed E-state index contributed by atoms with van der Waals surface area (Å²) >= 11 is 5.04. The lowest BCUT2D eigenvalue weighted by Crippen LogP contribution is -2.37. The average molecular weight is 435 g/mol. The molecule has 0 aliphatic heterocycles. The van der Waals surface area contributed by atoms with Crippen LogP contribution in [-0.4, -0.2) is 8.07 Å². The van der Waals surface area contributed by atoms with E-state index in [9.17, 15) is 0 Å². The second-order valence-corrected chi connectivity index (χ2v) is 16.8. The van der Waals surface area contributed by atoms with Crippen LogP contribution in [0.3, 0.4) is 0 Å². The van der Waals surface area contributed by atoms with Gasteiger partial charge in [-0.2, -0.15) is 0 Å². The molecule has 0 radical (unpaired) electrons. The Balaban J connectivity index is 3.48. The Bertz CT molecular complexity index is 562. The lowest BCUT2D eigenvalue weighted by Gasteiger charge is -2.35. The minimum Gasteiger partial charge on any atom is -0.143 e. The van der Waals surface area contributed by atoms with Gasteiger partial charge in [0.2, 0.25) is 0 Å². The normalized spacial score (nSPS) is 13.2. The fourth-order valence-corrected chi connectivity index (χ4v) is 11.1. The van der Waals surface area contributed by atoms with E-state index in [-0.39, 0.29) is 10.8 Å². The van der Waals surface area contributed by atoms with Crippen LogP contribution >= 0.6 is 12.6 Å². The van der Waals surface area contributed by atoms with Gasteiger partial charge in [-0.05, 0) is 33.6 Å². The Labute approximate surface area is 190 Å². The SMILES string of the molecule is CCCC[Si](CCCC)(CCCC)Cc1cc(C(C)(C)C)c(S)c(C(C)(C)C)c1. The molecule has 1 aromatic rings. The number of hydrogen-bond acceptors (Lipinski definition) is 1. The van der Waals surface area contributed by atoms with Crippen LogP contribution in [0, 0.1) is 0 Å². The van der Waals surface area contributed by atoms with Crippen molar-refractivity contribution in [2.45, 2.75) is 141 Å². The van der Waals surface area contributed by atoms with Gasteiger partial charge >= 0.3 is 0 Å². The summed E-state index contributed by atoms with van der Waals surface area (Å²) in [5.74, 6) is 0. The van der Waals surface area contributed by atoms with Crippen molar-refractivity contribution >= 4 is 20.7 Å². The molecule has 0 saturated heterocycles. The molecule has 0 bridgehead atoms. The highest BCUT2D eigenvalue weighted by atomic mass is 32.1. The molecule has 0 nitrogen and oxygen atoms in total. The van der Waals surface area contributed by atoms with Crippen LogP contribution in [0.5, 0.6) is 0 Å². The first kappa shape index (κ1) is 26.8. The topological polar surface area (TPSA) is 0 Å². The Morgan fingerprint density at radius 2 is 1.03 bits per heavy atom. The monoisotopic (exact) mass is 434 g/mol. The van der Waals surface area contributed by atoms with Gasteiger partial charge in [0.1, 0.15) is 0 Å². The van der Waals surface area contributed by atoms with Crippen LogP contribution in [0.4, 0.5) is 0 Å². The van der Waals surface area contributed by atoms with Crippen molar-refractivity contribution in [2.75, 3.05) is 0 Å². The second-order valence-electron chi connectivity index (χ2n) is 11.5. The van der Waals surface area contributed by atoms with Crippen molar-refractivity contribution in [1.82, 2.24) is 0 Å². The van der Waals surface area contributed by atoms with Gasteiger partial charge in [0.05, 0.1) is 8.07 Å². The van der Waals surface area contributed by atoms with Crippen molar-refractivity contribution in [3.05, 3.63) is 28.8 Å². The first-order valence-corrected chi connectivity index (χ1v) is 15.5. The first-order chi connectivity index (χ1) is 13.4. The highest BCUT2D eigenvalue weighted by molar-refractivity contribution is 7.80. The molecule has 0 aliphatic carbocycles. The Hall–Kier alpha value is -0.213. The van der Waals surface area contributed by atoms with Crippen LogP contribution in [-0.2, 0) is 16.9 Å². The molecule has 0 spiro atoms. The van der Waals surface area contributed by atoms with Gasteiger partial charge < -0.3 is 0 Å². The molecule has 0 unspecified atom stereocenters. The maximum atomic E-state index is 5.04. The highest BCUT2D eigenvalue weighted by Gasteiger charge is 2.33. The molecule has 29 heavy (non-hydrogen) atoms. The van der Waals surface area contributed by atoms with Crippen molar-refractivity contribution in [1.29, 1.82) is 0 Å². The largest absolute Gasteiger partial charge is 0.143 e. The van der Waals surface area contributed by atoms with E-state index in [1.165, 1.54) is 78.7 Å². The minimum absolute atomic E-state index is 0.133. The van der Waals surface area contributed by atoms with Crippen LogP contribution in [0.1, 0.15) is 118 Å². The average Bonchev–Trinajstić information content (AvgIpc) is 2.62. The van der Waals surface area contributed by atoms with Gasteiger partial charge in [-0.25, -0.2) is 0 Å². The van der Waals surface area contributed by atoms with E-state index >= 15 is 0 Å². The number of unbranched alkanes of at least 4 members (excludes halogenated alkanes) is 3. The quantitative estimate of drug-likeness (QED) is 0.260. The van der Waals surface area contributed by atoms with Crippen LogP contribution in [0.15, 0.2) is 17.0 Å². The lowest BCUT2D eigenvalue weighted by atomic mass is 9.79. The van der Waals surface area contributed by atoms with Crippen LogP contribution in [0.25, 0.3) is 0 Å². The standard InChI is InChI=1S/C27H50SSi/c1-10-13-16-29(17-14-11-2,18-15-12-3)21-22-19-23(26(4,5)6)25(28)24(20-22)27(7,8)9/h19-20,28H,10-18,21H2,1-9H3. The summed E-state index contributed by atoms with van der Waals surface area (Å²) in [4.78, 5) is 1.22.